The summed E-state index contributed by atoms with van der Waals surface area (Å²) in [6, 6.07) is 14.5. The van der Waals surface area contributed by atoms with Crippen LogP contribution >= 0.6 is 0 Å². The number of rotatable bonds is 7. The standard InChI is InChI=1S/C20H25N3O3S/c1-22(2)17-7-5-16(6-8-17)13-14-21-27(25,26)19-11-9-18(10-12-19)23-15-3-4-20(23)24/h5-12,21H,3-4,13-15H2,1-2H3. The average Bonchev–Trinajstić information content (AvgIpc) is 3.08. The summed E-state index contributed by atoms with van der Waals surface area (Å²) in [6.07, 6.45) is 2.01. The third-order valence-corrected chi connectivity index (χ3v) is 6.17. The van der Waals surface area contributed by atoms with Crippen molar-refractivity contribution in [2.45, 2.75) is 24.2 Å². The average molecular weight is 388 g/mol. The zero-order valence-corrected chi connectivity index (χ0v) is 16.5. The van der Waals surface area contributed by atoms with Gasteiger partial charge in [-0.3, -0.25) is 4.79 Å². The Labute approximate surface area is 160 Å². The monoisotopic (exact) mass is 387 g/mol. The summed E-state index contributed by atoms with van der Waals surface area (Å²) < 4.78 is 27.6. The second-order valence-electron chi connectivity index (χ2n) is 6.85. The molecule has 3 rings (SSSR count). The number of benzene rings is 2. The fraction of sp³-hybridized carbons (Fsp3) is 0.350. The van der Waals surface area contributed by atoms with E-state index in [4.69, 9.17) is 0 Å². The van der Waals surface area contributed by atoms with Crippen LogP contribution in [-0.4, -0.2) is 41.5 Å². The van der Waals surface area contributed by atoms with E-state index >= 15 is 0 Å². The maximum Gasteiger partial charge on any atom is 0.240 e. The van der Waals surface area contributed by atoms with Crippen molar-refractivity contribution in [1.82, 2.24) is 4.72 Å². The topological polar surface area (TPSA) is 69.7 Å². The van der Waals surface area contributed by atoms with Gasteiger partial charge < -0.3 is 9.80 Å². The summed E-state index contributed by atoms with van der Waals surface area (Å²) in [7, 11) is 0.393. The molecule has 6 nitrogen and oxygen atoms in total. The Morgan fingerprint density at radius 2 is 1.70 bits per heavy atom. The molecule has 1 fully saturated rings. The molecule has 0 atom stereocenters. The third kappa shape index (κ3) is 4.67. The lowest BCUT2D eigenvalue weighted by Gasteiger charge is -2.16. The first-order chi connectivity index (χ1) is 12.9. The van der Waals surface area contributed by atoms with Gasteiger partial charge in [-0.15, -0.1) is 0 Å². The van der Waals surface area contributed by atoms with Crippen LogP contribution in [0.15, 0.2) is 53.4 Å². The first-order valence-electron chi connectivity index (χ1n) is 9.03. The summed E-state index contributed by atoms with van der Waals surface area (Å²) in [4.78, 5) is 15.7. The van der Waals surface area contributed by atoms with Gasteiger partial charge in [0, 0.05) is 45.0 Å². The molecule has 2 aromatic carbocycles. The number of carbonyl (C=O) groups excluding carboxylic acids is 1. The van der Waals surface area contributed by atoms with Crippen LogP contribution in [0.4, 0.5) is 11.4 Å². The summed E-state index contributed by atoms with van der Waals surface area (Å²) in [5.74, 6) is 0.0871. The summed E-state index contributed by atoms with van der Waals surface area (Å²) in [6.45, 7) is 1.02. The first-order valence-corrected chi connectivity index (χ1v) is 10.5. The van der Waals surface area contributed by atoms with E-state index in [0.717, 1.165) is 23.4 Å². The fourth-order valence-electron chi connectivity index (χ4n) is 3.10. The van der Waals surface area contributed by atoms with Gasteiger partial charge >= 0.3 is 0 Å². The predicted octanol–water partition coefficient (Wildman–Crippen LogP) is 2.40. The van der Waals surface area contributed by atoms with Crippen LogP contribution in [0.1, 0.15) is 18.4 Å². The van der Waals surface area contributed by atoms with Crippen LogP contribution < -0.4 is 14.5 Å². The first kappa shape index (κ1) is 19.4. The second-order valence-corrected chi connectivity index (χ2v) is 8.62. The molecule has 1 aliphatic rings. The zero-order valence-electron chi connectivity index (χ0n) is 15.7. The van der Waals surface area contributed by atoms with Crippen LogP contribution in [-0.2, 0) is 21.2 Å². The van der Waals surface area contributed by atoms with Gasteiger partial charge in [0.1, 0.15) is 0 Å². The number of nitrogens with one attached hydrogen (secondary N) is 1. The van der Waals surface area contributed by atoms with Crippen LogP contribution in [0, 0.1) is 0 Å². The van der Waals surface area contributed by atoms with E-state index in [1.807, 2.05) is 43.3 Å². The van der Waals surface area contributed by atoms with Crippen molar-refractivity contribution in [2.24, 2.45) is 0 Å². The van der Waals surface area contributed by atoms with E-state index in [0.29, 0.717) is 25.9 Å². The van der Waals surface area contributed by atoms with Gasteiger partial charge in [-0.2, -0.15) is 0 Å². The van der Waals surface area contributed by atoms with E-state index in [1.165, 1.54) is 0 Å². The molecule has 27 heavy (non-hydrogen) atoms. The highest BCUT2D eigenvalue weighted by atomic mass is 32.2. The number of hydrogen-bond acceptors (Lipinski definition) is 4. The van der Waals surface area contributed by atoms with Gasteiger partial charge in [-0.05, 0) is 54.8 Å². The lowest BCUT2D eigenvalue weighted by atomic mass is 10.1. The van der Waals surface area contributed by atoms with Crippen LogP contribution in [0.2, 0.25) is 0 Å². The molecule has 0 aromatic heterocycles. The molecule has 1 amide bonds. The highest BCUT2D eigenvalue weighted by Gasteiger charge is 2.22. The molecule has 0 unspecified atom stereocenters. The Morgan fingerprint density at radius 3 is 2.26 bits per heavy atom. The normalized spacial score (nSPS) is 14.6. The minimum Gasteiger partial charge on any atom is -0.378 e. The van der Waals surface area contributed by atoms with Gasteiger partial charge in [0.05, 0.1) is 4.90 Å². The van der Waals surface area contributed by atoms with Crippen molar-refractivity contribution in [2.75, 3.05) is 37.0 Å². The largest absolute Gasteiger partial charge is 0.378 e. The number of anilines is 2. The molecular formula is C20H25N3O3S. The van der Waals surface area contributed by atoms with Gasteiger partial charge in [0.25, 0.3) is 0 Å². The van der Waals surface area contributed by atoms with Crippen molar-refractivity contribution in [3.63, 3.8) is 0 Å². The maximum atomic E-state index is 12.5. The van der Waals surface area contributed by atoms with Crippen molar-refractivity contribution in [3.05, 3.63) is 54.1 Å². The predicted molar refractivity (Wildman–Crippen MR) is 108 cm³/mol. The molecule has 1 heterocycles. The minimum absolute atomic E-state index is 0.0871. The molecule has 1 N–H and O–H groups in total. The Morgan fingerprint density at radius 1 is 1.04 bits per heavy atom. The summed E-state index contributed by atoms with van der Waals surface area (Å²) in [5.41, 5.74) is 2.93. The van der Waals surface area contributed by atoms with Crippen LogP contribution in [0.3, 0.4) is 0 Å². The quantitative estimate of drug-likeness (QED) is 0.792. The number of nitrogens with zero attached hydrogens (tertiary/aromatic N) is 2. The van der Waals surface area contributed by atoms with Crippen molar-refractivity contribution < 1.29 is 13.2 Å². The molecule has 0 bridgehead atoms. The van der Waals surface area contributed by atoms with Crippen LogP contribution in [0.25, 0.3) is 0 Å². The molecule has 0 saturated carbocycles. The van der Waals surface area contributed by atoms with Gasteiger partial charge in [-0.1, -0.05) is 12.1 Å². The van der Waals surface area contributed by atoms with E-state index < -0.39 is 10.0 Å². The molecule has 1 aliphatic heterocycles. The van der Waals surface area contributed by atoms with Gasteiger partial charge in [-0.25, -0.2) is 13.1 Å². The maximum absolute atomic E-state index is 12.5. The van der Waals surface area contributed by atoms with E-state index in [-0.39, 0.29) is 10.8 Å². The van der Waals surface area contributed by atoms with Crippen molar-refractivity contribution in [1.29, 1.82) is 0 Å². The number of amides is 1. The van der Waals surface area contributed by atoms with E-state index in [1.54, 1.807) is 29.2 Å². The van der Waals surface area contributed by atoms with Crippen molar-refractivity contribution in [3.8, 4) is 0 Å². The lowest BCUT2D eigenvalue weighted by Crippen LogP contribution is -2.26. The van der Waals surface area contributed by atoms with Gasteiger partial charge in [0.15, 0.2) is 0 Å². The Bertz CT molecular complexity index is 891. The Kier molecular flexibility index (Phi) is 5.82. The van der Waals surface area contributed by atoms with Crippen molar-refractivity contribution >= 4 is 27.3 Å². The number of sulfonamides is 1. The summed E-state index contributed by atoms with van der Waals surface area (Å²) in [5, 5.41) is 0. The molecule has 0 spiro atoms. The van der Waals surface area contributed by atoms with Gasteiger partial charge in [0.2, 0.25) is 15.9 Å². The second kappa shape index (κ2) is 8.10. The molecule has 7 heteroatoms. The SMILES string of the molecule is CN(C)c1ccc(CCNS(=O)(=O)c2ccc(N3CCCC3=O)cc2)cc1. The van der Waals surface area contributed by atoms with Crippen LogP contribution in [0.5, 0.6) is 0 Å². The number of hydrogen-bond donors (Lipinski definition) is 1. The fourth-order valence-corrected chi connectivity index (χ4v) is 4.13. The molecule has 0 radical (unpaired) electrons. The lowest BCUT2D eigenvalue weighted by molar-refractivity contribution is -0.117. The molecule has 1 saturated heterocycles. The van der Waals surface area contributed by atoms with E-state index in [2.05, 4.69) is 4.72 Å². The third-order valence-electron chi connectivity index (χ3n) is 4.69. The molecule has 0 aliphatic carbocycles. The highest BCUT2D eigenvalue weighted by Crippen LogP contribution is 2.23. The highest BCUT2D eigenvalue weighted by molar-refractivity contribution is 7.89. The molecule has 2 aromatic rings. The molecule has 144 valence electrons. The number of carbonyl (C=O) groups is 1. The smallest absolute Gasteiger partial charge is 0.240 e. The van der Waals surface area contributed by atoms with E-state index in [9.17, 15) is 13.2 Å². The Balaban J connectivity index is 1.58. The molecular weight excluding hydrogens is 362 g/mol. The Hall–Kier alpha value is -2.38. The minimum atomic E-state index is -3.57. The zero-order chi connectivity index (χ0) is 19.4. The summed E-state index contributed by atoms with van der Waals surface area (Å²) >= 11 is 0.